The first-order valence-electron chi connectivity index (χ1n) is 9.06. The maximum Gasteiger partial charge on any atom is 0.387 e. The van der Waals surface area contributed by atoms with Gasteiger partial charge in [0.15, 0.2) is 23.0 Å². The van der Waals surface area contributed by atoms with Crippen LogP contribution in [0.3, 0.4) is 0 Å². The minimum absolute atomic E-state index is 0.00906. The van der Waals surface area contributed by atoms with Gasteiger partial charge in [0.05, 0.1) is 32.6 Å². The first kappa shape index (κ1) is 25.3. The Balaban J connectivity index is 2.38. The highest BCUT2D eigenvalue weighted by Crippen LogP contribution is 2.36. The van der Waals surface area contributed by atoms with Crippen molar-refractivity contribution in [1.82, 2.24) is 0 Å². The number of amides is 1. The molecule has 0 atom stereocenters. The molecule has 0 aromatic heterocycles. The number of methoxy groups -OCH3 is 3. The SMILES string of the molecule is COC(=O)c1cc(OC)c(OC(F)F)cc1NC(=O)/C=C/c1cccc(OC)c1OC(F)F. The number of benzene rings is 2. The van der Waals surface area contributed by atoms with Crippen molar-refractivity contribution in [2.24, 2.45) is 0 Å². The molecule has 0 saturated heterocycles. The van der Waals surface area contributed by atoms with E-state index in [2.05, 4.69) is 19.5 Å². The van der Waals surface area contributed by atoms with Gasteiger partial charge in [-0.1, -0.05) is 12.1 Å². The number of hydrogen-bond donors (Lipinski definition) is 1. The molecule has 0 unspecified atom stereocenters. The van der Waals surface area contributed by atoms with Crippen LogP contribution in [0.25, 0.3) is 6.08 Å². The molecule has 33 heavy (non-hydrogen) atoms. The van der Waals surface area contributed by atoms with Crippen LogP contribution in [0.15, 0.2) is 36.4 Å². The van der Waals surface area contributed by atoms with E-state index >= 15 is 0 Å². The second-order valence-electron chi connectivity index (χ2n) is 6.00. The van der Waals surface area contributed by atoms with Gasteiger partial charge in [-0.25, -0.2) is 4.79 Å². The lowest BCUT2D eigenvalue weighted by atomic mass is 10.1. The van der Waals surface area contributed by atoms with Crippen LogP contribution in [0.2, 0.25) is 0 Å². The van der Waals surface area contributed by atoms with Crippen molar-refractivity contribution in [2.45, 2.75) is 13.2 Å². The highest BCUT2D eigenvalue weighted by Gasteiger charge is 2.21. The minimum Gasteiger partial charge on any atom is -0.493 e. The van der Waals surface area contributed by atoms with Crippen molar-refractivity contribution in [3.05, 3.63) is 47.5 Å². The number of esters is 1. The number of halogens is 4. The molecule has 1 amide bonds. The summed E-state index contributed by atoms with van der Waals surface area (Å²) >= 11 is 0. The summed E-state index contributed by atoms with van der Waals surface area (Å²) in [5.41, 5.74) is -0.335. The summed E-state index contributed by atoms with van der Waals surface area (Å²) in [5.74, 6) is -2.66. The summed E-state index contributed by atoms with van der Waals surface area (Å²) in [4.78, 5) is 24.5. The first-order chi connectivity index (χ1) is 15.7. The number of ether oxygens (including phenoxy) is 5. The molecule has 0 heterocycles. The highest BCUT2D eigenvalue weighted by molar-refractivity contribution is 6.07. The predicted molar refractivity (Wildman–Crippen MR) is 108 cm³/mol. The molecule has 0 aliphatic heterocycles. The van der Waals surface area contributed by atoms with E-state index in [1.54, 1.807) is 0 Å². The molecule has 0 saturated carbocycles. The van der Waals surface area contributed by atoms with Gasteiger partial charge in [-0.3, -0.25) is 4.79 Å². The third-order valence-corrected chi connectivity index (χ3v) is 4.03. The molecule has 0 aliphatic rings. The van der Waals surface area contributed by atoms with E-state index in [0.29, 0.717) is 0 Å². The average molecular weight is 473 g/mol. The Morgan fingerprint density at radius 2 is 1.58 bits per heavy atom. The Bertz CT molecular complexity index is 1030. The summed E-state index contributed by atoms with van der Waals surface area (Å²) in [5, 5.41) is 2.32. The molecule has 0 fully saturated rings. The fraction of sp³-hybridized carbons (Fsp3) is 0.238. The molecule has 2 rings (SSSR count). The Kier molecular flexibility index (Phi) is 8.89. The van der Waals surface area contributed by atoms with E-state index < -0.39 is 30.8 Å². The number of carbonyl (C=O) groups is 2. The van der Waals surface area contributed by atoms with Gasteiger partial charge in [-0.2, -0.15) is 17.6 Å². The highest BCUT2D eigenvalue weighted by atomic mass is 19.3. The van der Waals surface area contributed by atoms with E-state index in [9.17, 15) is 27.2 Å². The Morgan fingerprint density at radius 3 is 2.15 bits per heavy atom. The molecular weight excluding hydrogens is 454 g/mol. The van der Waals surface area contributed by atoms with Crippen LogP contribution in [-0.4, -0.2) is 46.4 Å². The lowest BCUT2D eigenvalue weighted by Gasteiger charge is -2.15. The van der Waals surface area contributed by atoms with Crippen LogP contribution in [-0.2, 0) is 9.53 Å². The van der Waals surface area contributed by atoms with Gasteiger partial charge < -0.3 is 29.0 Å². The molecule has 178 valence electrons. The van der Waals surface area contributed by atoms with Gasteiger partial charge in [-0.05, 0) is 12.1 Å². The van der Waals surface area contributed by atoms with Crippen molar-refractivity contribution in [3.63, 3.8) is 0 Å². The van der Waals surface area contributed by atoms with E-state index in [0.717, 1.165) is 31.4 Å². The van der Waals surface area contributed by atoms with Crippen molar-refractivity contribution in [2.75, 3.05) is 26.6 Å². The van der Waals surface area contributed by atoms with Crippen LogP contribution in [0, 0.1) is 0 Å². The van der Waals surface area contributed by atoms with E-state index in [-0.39, 0.29) is 34.1 Å². The zero-order valence-corrected chi connectivity index (χ0v) is 17.6. The second kappa shape index (κ2) is 11.6. The number of carbonyl (C=O) groups excluding carboxylic acids is 2. The number of anilines is 1. The quantitative estimate of drug-likeness (QED) is 0.312. The lowest BCUT2D eigenvalue weighted by molar-refractivity contribution is -0.111. The summed E-state index contributed by atoms with van der Waals surface area (Å²) in [6.07, 6.45) is 2.11. The van der Waals surface area contributed by atoms with E-state index in [4.69, 9.17) is 9.47 Å². The molecular formula is C21H19F4NO7. The monoisotopic (exact) mass is 473 g/mol. The van der Waals surface area contributed by atoms with Gasteiger partial charge in [0, 0.05) is 23.8 Å². The molecule has 12 heteroatoms. The Morgan fingerprint density at radius 1 is 0.909 bits per heavy atom. The zero-order chi connectivity index (χ0) is 24.5. The normalized spacial score (nSPS) is 10.9. The summed E-state index contributed by atoms with van der Waals surface area (Å²) < 4.78 is 74.3. The van der Waals surface area contributed by atoms with Gasteiger partial charge in [-0.15, -0.1) is 0 Å². The molecule has 0 aliphatic carbocycles. The van der Waals surface area contributed by atoms with Gasteiger partial charge in [0.25, 0.3) is 0 Å². The van der Waals surface area contributed by atoms with Crippen LogP contribution < -0.4 is 24.3 Å². The van der Waals surface area contributed by atoms with E-state index in [1.807, 2.05) is 0 Å². The Hall–Kier alpha value is -3.96. The predicted octanol–water partition coefficient (Wildman–Crippen LogP) is 4.35. The average Bonchev–Trinajstić information content (AvgIpc) is 2.77. The molecule has 1 N–H and O–H groups in total. The third kappa shape index (κ3) is 6.76. The van der Waals surface area contributed by atoms with Crippen LogP contribution in [0.4, 0.5) is 23.2 Å². The molecule has 8 nitrogen and oxygen atoms in total. The van der Waals surface area contributed by atoms with Crippen molar-refractivity contribution in [1.29, 1.82) is 0 Å². The van der Waals surface area contributed by atoms with Crippen LogP contribution >= 0.6 is 0 Å². The minimum atomic E-state index is -3.20. The lowest BCUT2D eigenvalue weighted by Crippen LogP contribution is -2.14. The molecule has 2 aromatic carbocycles. The Labute approximate surface area is 185 Å². The third-order valence-electron chi connectivity index (χ3n) is 4.03. The number of nitrogens with one attached hydrogen (secondary N) is 1. The van der Waals surface area contributed by atoms with Gasteiger partial charge in [0.2, 0.25) is 5.91 Å². The molecule has 0 spiro atoms. The number of para-hydroxylation sites is 1. The largest absolute Gasteiger partial charge is 0.493 e. The van der Waals surface area contributed by atoms with Crippen molar-refractivity contribution < 1.29 is 50.8 Å². The van der Waals surface area contributed by atoms with Crippen molar-refractivity contribution in [3.8, 4) is 23.0 Å². The van der Waals surface area contributed by atoms with E-state index in [1.165, 1.54) is 32.4 Å². The standard InChI is InChI=1S/C21H19F4NO7/c1-29-14-6-4-5-11(18(14)33-21(24)25)7-8-17(27)26-13-10-16(32-20(22)23)15(30-2)9-12(13)19(28)31-3/h4-10,20-21H,1-3H3,(H,26,27)/b8-7+. The maximum atomic E-state index is 12.7. The summed E-state index contributed by atoms with van der Waals surface area (Å²) in [6, 6.07) is 6.28. The van der Waals surface area contributed by atoms with Crippen LogP contribution in [0.1, 0.15) is 15.9 Å². The molecule has 0 radical (unpaired) electrons. The van der Waals surface area contributed by atoms with Crippen LogP contribution in [0.5, 0.6) is 23.0 Å². The summed E-state index contributed by atoms with van der Waals surface area (Å²) in [6.45, 7) is -6.34. The second-order valence-corrected chi connectivity index (χ2v) is 6.00. The number of hydrogen-bond acceptors (Lipinski definition) is 7. The molecule has 2 aromatic rings. The zero-order valence-electron chi connectivity index (χ0n) is 17.6. The fourth-order valence-corrected chi connectivity index (χ4v) is 2.67. The summed E-state index contributed by atoms with van der Waals surface area (Å²) in [7, 11) is 3.51. The van der Waals surface area contributed by atoms with Gasteiger partial charge in [0.1, 0.15) is 0 Å². The number of rotatable bonds is 10. The smallest absolute Gasteiger partial charge is 0.387 e. The number of alkyl halides is 4. The first-order valence-corrected chi connectivity index (χ1v) is 9.06. The van der Waals surface area contributed by atoms with Crippen molar-refractivity contribution >= 4 is 23.6 Å². The fourth-order valence-electron chi connectivity index (χ4n) is 2.67. The van der Waals surface area contributed by atoms with Gasteiger partial charge >= 0.3 is 19.2 Å². The topological polar surface area (TPSA) is 92.3 Å². The molecule has 0 bridgehead atoms. The maximum absolute atomic E-state index is 12.7.